The van der Waals surface area contributed by atoms with Gasteiger partial charge in [0.15, 0.2) is 0 Å². The first-order valence-corrected chi connectivity index (χ1v) is 13.4. The summed E-state index contributed by atoms with van der Waals surface area (Å²) in [6.07, 6.45) is 1.40. The number of hydrazone groups is 1. The molecule has 0 fully saturated rings. The number of hydrogen-bond acceptors (Lipinski definition) is 6. The Balaban J connectivity index is 1.76. The first-order chi connectivity index (χ1) is 15.7. The van der Waals surface area contributed by atoms with Gasteiger partial charge < -0.3 is 4.74 Å². The van der Waals surface area contributed by atoms with Crippen LogP contribution in [0.1, 0.15) is 23.6 Å². The van der Waals surface area contributed by atoms with Gasteiger partial charge in [0, 0.05) is 17.7 Å². The highest BCUT2D eigenvalue weighted by atomic mass is 32.2. The summed E-state index contributed by atoms with van der Waals surface area (Å²) in [5.74, 6) is 0.569. The molecule has 1 atom stereocenters. The monoisotopic (exact) mass is 485 g/mol. The van der Waals surface area contributed by atoms with Gasteiger partial charge in [-0.3, -0.25) is 4.72 Å². The third kappa shape index (κ3) is 4.86. The number of benzene rings is 3. The second-order valence-corrected chi connectivity index (χ2v) is 11.1. The molecule has 4 rings (SSSR count). The molecule has 0 aromatic heterocycles. The average molecular weight is 486 g/mol. The van der Waals surface area contributed by atoms with Crippen molar-refractivity contribution in [2.24, 2.45) is 5.10 Å². The number of para-hydroxylation sites is 1. The van der Waals surface area contributed by atoms with Crippen LogP contribution < -0.4 is 9.46 Å². The van der Waals surface area contributed by atoms with Gasteiger partial charge in [0.25, 0.3) is 10.0 Å². The van der Waals surface area contributed by atoms with Crippen molar-refractivity contribution in [2.45, 2.75) is 17.4 Å². The molecule has 0 radical (unpaired) electrons. The lowest BCUT2D eigenvalue weighted by molar-refractivity contribution is 0.350. The lowest BCUT2D eigenvalue weighted by Gasteiger charge is -2.24. The molecule has 172 valence electrons. The third-order valence-electron chi connectivity index (χ3n) is 5.18. The number of hydrogen-bond donors (Lipinski definition) is 1. The molecule has 33 heavy (non-hydrogen) atoms. The van der Waals surface area contributed by atoms with Crippen LogP contribution in [0.25, 0.3) is 0 Å². The van der Waals surface area contributed by atoms with Crippen molar-refractivity contribution < 1.29 is 21.6 Å². The first-order valence-electron chi connectivity index (χ1n) is 10.1. The minimum absolute atomic E-state index is 0.141. The van der Waals surface area contributed by atoms with E-state index < -0.39 is 26.1 Å². The Hall–Kier alpha value is -3.37. The number of anilines is 1. The summed E-state index contributed by atoms with van der Waals surface area (Å²) in [4.78, 5) is 0.141. The molecular formula is C23H23N3O5S2. The second-order valence-electron chi connectivity index (χ2n) is 7.55. The van der Waals surface area contributed by atoms with Crippen LogP contribution >= 0.6 is 0 Å². The Morgan fingerprint density at radius 3 is 2.18 bits per heavy atom. The normalized spacial score (nSPS) is 16.4. The smallest absolute Gasteiger partial charge is 0.279 e. The molecule has 0 spiro atoms. The highest BCUT2D eigenvalue weighted by Crippen LogP contribution is 2.40. The molecule has 0 aliphatic carbocycles. The molecule has 0 amide bonds. The molecule has 1 N–H and O–H groups in total. The third-order valence-corrected chi connectivity index (χ3v) is 7.48. The molecule has 0 saturated heterocycles. The lowest BCUT2D eigenvalue weighted by Crippen LogP contribution is -2.27. The van der Waals surface area contributed by atoms with Crippen LogP contribution in [-0.4, -0.2) is 40.3 Å². The Morgan fingerprint density at radius 1 is 0.909 bits per heavy atom. The van der Waals surface area contributed by atoms with Crippen LogP contribution in [0.5, 0.6) is 5.75 Å². The van der Waals surface area contributed by atoms with Crippen LogP contribution in [0, 0.1) is 0 Å². The average Bonchev–Trinajstić information content (AvgIpc) is 3.25. The van der Waals surface area contributed by atoms with Crippen molar-refractivity contribution in [1.29, 1.82) is 0 Å². The first kappa shape index (κ1) is 22.8. The van der Waals surface area contributed by atoms with Crippen molar-refractivity contribution >= 4 is 31.4 Å². The molecule has 3 aromatic carbocycles. The SMILES string of the molecule is COc1ccccc1C1CC(c2ccc(NS(C)(=O)=O)cc2)=NN1S(=O)(=O)c1ccccc1. The molecule has 1 unspecified atom stereocenters. The largest absolute Gasteiger partial charge is 0.496 e. The summed E-state index contributed by atoms with van der Waals surface area (Å²) in [5, 5.41) is 4.51. The number of nitrogens with zero attached hydrogens (tertiary/aromatic N) is 2. The maximum Gasteiger partial charge on any atom is 0.279 e. The quantitative estimate of drug-likeness (QED) is 0.550. The van der Waals surface area contributed by atoms with E-state index in [1.807, 2.05) is 18.2 Å². The van der Waals surface area contributed by atoms with Gasteiger partial charge in [-0.1, -0.05) is 48.5 Å². The predicted octanol–water partition coefficient (Wildman–Crippen LogP) is 3.61. The van der Waals surface area contributed by atoms with Gasteiger partial charge in [-0.15, -0.1) is 0 Å². The van der Waals surface area contributed by atoms with Crippen molar-refractivity contribution in [3.63, 3.8) is 0 Å². The fourth-order valence-corrected chi connectivity index (χ4v) is 5.71. The van der Waals surface area contributed by atoms with Gasteiger partial charge in [0.2, 0.25) is 10.0 Å². The molecule has 1 aliphatic rings. The Bertz CT molecular complexity index is 1390. The molecule has 1 aliphatic heterocycles. The van der Waals surface area contributed by atoms with E-state index in [0.717, 1.165) is 10.7 Å². The van der Waals surface area contributed by atoms with Gasteiger partial charge in [-0.2, -0.15) is 17.9 Å². The summed E-state index contributed by atoms with van der Waals surface area (Å²) in [5.41, 5.74) is 2.37. The highest BCUT2D eigenvalue weighted by Gasteiger charge is 2.38. The standard InChI is InChI=1S/C23H23N3O5S2/c1-31-23-11-7-6-10-20(23)22-16-21(17-12-14-18(15-13-17)25-32(2,27)28)24-26(22)33(29,30)19-8-4-3-5-9-19/h3-15,22,25H,16H2,1-2H3. The minimum Gasteiger partial charge on any atom is -0.496 e. The maximum absolute atomic E-state index is 13.5. The molecule has 8 nitrogen and oxygen atoms in total. The van der Waals surface area contributed by atoms with Crippen LogP contribution in [0.15, 0.2) is 88.9 Å². The van der Waals surface area contributed by atoms with Crippen LogP contribution in [0.3, 0.4) is 0 Å². The van der Waals surface area contributed by atoms with Crippen molar-refractivity contribution in [1.82, 2.24) is 4.41 Å². The molecular weight excluding hydrogens is 462 g/mol. The van der Waals surface area contributed by atoms with Crippen LogP contribution in [0.2, 0.25) is 0 Å². The fraction of sp³-hybridized carbons (Fsp3) is 0.174. The Labute approximate surface area is 193 Å². The van der Waals surface area contributed by atoms with Crippen LogP contribution in [-0.2, 0) is 20.0 Å². The number of methoxy groups -OCH3 is 1. The maximum atomic E-state index is 13.5. The number of rotatable bonds is 7. The predicted molar refractivity (Wildman–Crippen MR) is 127 cm³/mol. The summed E-state index contributed by atoms with van der Waals surface area (Å²) < 4.78 is 59.0. The van der Waals surface area contributed by atoms with Crippen molar-refractivity contribution in [3.05, 3.63) is 90.0 Å². The van der Waals surface area contributed by atoms with Crippen LogP contribution in [0.4, 0.5) is 5.69 Å². The van der Waals surface area contributed by atoms with Gasteiger partial charge >= 0.3 is 0 Å². The topological polar surface area (TPSA) is 105 Å². The van der Waals surface area contributed by atoms with Gasteiger partial charge in [0.1, 0.15) is 5.75 Å². The zero-order chi connectivity index (χ0) is 23.6. The zero-order valence-corrected chi connectivity index (χ0v) is 19.7. The Kier molecular flexibility index (Phi) is 6.13. The van der Waals surface area contributed by atoms with Gasteiger partial charge in [-0.05, 0) is 35.9 Å². The summed E-state index contributed by atoms with van der Waals surface area (Å²) in [6, 6.07) is 21.5. The van der Waals surface area contributed by atoms with E-state index in [4.69, 9.17) is 4.74 Å². The molecule has 1 heterocycles. The van der Waals surface area contributed by atoms with E-state index in [9.17, 15) is 16.8 Å². The van der Waals surface area contributed by atoms with E-state index >= 15 is 0 Å². The van der Waals surface area contributed by atoms with Gasteiger partial charge in [-0.25, -0.2) is 8.42 Å². The van der Waals surface area contributed by atoms with Crippen molar-refractivity contribution in [3.8, 4) is 5.75 Å². The zero-order valence-electron chi connectivity index (χ0n) is 18.0. The van der Waals surface area contributed by atoms with E-state index in [-0.39, 0.29) is 4.90 Å². The number of ether oxygens (including phenoxy) is 1. The molecule has 0 bridgehead atoms. The number of nitrogens with one attached hydrogen (secondary N) is 1. The second kappa shape index (κ2) is 8.87. The van der Waals surface area contributed by atoms with Crippen molar-refractivity contribution in [2.75, 3.05) is 18.1 Å². The molecule has 3 aromatic rings. The Morgan fingerprint density at radius 2 is 1.55 bits per heavy atom. The molecule has 0 saturated carbocycles. The summed E-state index contributed by atoms with van der Waals surface area (Å²) in [6.45, 7) is 0. The minimum atomic E-state index is -3.94. The lowest BCUT2D eigenvalue weighted by atomic mass is 9.98. The summed E-state index contributed by atoms with van der Waals surface area (Å²) in [7, 11) is -5.80. The van der Waals surface area contributed by atoms with E-state index in [2.05, 4.69) is 9.82 Å². The fourth-order valence-electron chi connectivity index (χ4n) is 3.70. The van der Waals surface area contributed by atoms with E-state index in [1.165, 1.54) is 12.1 Å². The van der Waals surface area contributed by atoms with E-state index in [0.29, 0.717) is 34.7 Å². The summed E-state index contributed by atoms with van der Waals surface area (Å²) >= 11 is 0. The highest BCUT2D eigenvalue weighted by molar-refractivity contribution is 7.92. The number of sulfonamides is 2. The van der Waals surface area contributed by atoms with Gasteiger partial charge in [0.05, 0.1) is 30.0 Å². The van der Waals surface area contributed by atoms with E-state index in [1.54, 1.807) is 55.6 Å². The molecule has 10 heteroatoms.